The Morgan fingerprint density at radius 1 is 1.33 bits per heavy atom. The van der Waals surface area contributed by atoms with Crippen molar-refractivity contribution in [3.05, 3.63) is 34.9 Å². The first-order valence-corrected chi connectivity index (χ1v) is 5.65. The summed E-state index contributed by atoms with van der Waals surface area (Å²) in [5.41, 5.74) is 1.91. The van der Waals surface area contributed by atoms with E-state index in [1.165, 1.54) is 0 Å². The molecule has 15 heavy (non-hydrogen) atoms. The summed E-state index contributed by atoms with van der Waals surface area (Å²) in [4.78, 5) is 4.41. The molecule has 0 spiro atoms. The summed E-state index contributed by atoms with van der Waals surface area (Å²) < 4.78 is 5.66. The van der Waals surface area contributed by atoms with E-state index >= 15 is 0 Å². The minimum atomic E-state index is -0.231. The Morgan fingerprint density at radius 2 is 2.00 bits per heavy atom. The molecule has 4 heteroatoms. The number of aliphatic imine (C=N–C) groups is 1. The highest BCUT2D eigenvalue weighted by Gasteiger charge is 2.25. The van der Waals surface area contributed by atoms with Crippen molar-refractivity contribution in [3.63, 3.8) is 0 Å². The smallest absolute Gasteiger partial charge is 0.175 e. The minimum Gasteiger partial charge on any atom is -0.343 e. The first kappa shape index (κ1) is 10.9. The molecule has 2 nitrogen and oxygen atoms in total. The summed E-state index contributed by atoms with van der Waals surface area (Å²) in [6.07, 6.45) is -0.228. The standard InChI is InChI=1S/C11H11Cl2NO/c1-7-10(6-12)14-11(15-7)8-2-4-9(13)5-3-8/h2-5,7,11H,6H2,1H3. The minimum absolute atomic E-state index is 0.00294. The molecular formula is C11H11Cl2NO. The van der Waals surface area contributed by atoms with Gasteiger partial charge >= 0.3 is 0 Å². The third-order valence-electron chi connectivity index (χ3n) is 2.38. The normalized spacial score (nSPS) is 25.4. The average molecular weight is 244 g/mol. The Kier molecular flexibility index (Phi) is 3.29. The van der Waals surface area contributed by atoms with Gasteiger partial charge in [0.2, 0.25) is 0 Å². The van der Waals surface area contributed by atoms with Gasteiger partial charge < -0.3 is 4.74 Å². The Labute approximate surface area is 98.9 Å². The molecule has 1 heterocycles. The van der Waals surface area contributed by atoms with Crippen molar-refractivity contribution in [1.82, 2.24) is 0 Å². The van der Waals surface area contributed by atoms with E-state index in [0.29, 0.717) is 10.9 Å². The summed E-state index contributed by atoms with van der Waals surface area (Å²) in [6, 6.07) is 7.50. The Morgan fingerprint density at radius 3 is 2.53 bits per heavy atom. The summed E-state index contributed by atoms with van der Waals surface area (Å²) in [6.45, 7) is 1.96. The molecule has 0 amide bonds. The Bertz CT molecular complexity index is 375. The van der Waals surface area contributed by atoms with Crippen LogP contribution in [0.3, 0.4) is 0 Å². The van der Waals surface area contributed by atoms with Gasteiger partial charge in [-0.3, -0.25) is 4.99 Å². The maximum atomic E-state index is 5.81. The highest BCUT2D eigenvalue weighted by atomic mass is 35.5. The fourth-order valence-corrected chi connectivity index (χ4v) is 1.89. The lowest BCUT2D eigenvalue weighted by atomic mass is 10.2. The van der Waals surface area contributed by atoms with Crippen LogP contribution in [0.4, 0.5) is 0 Å². The SMILES string of the molecule is CC1OC(c2ccc(Cl)cc2)N=C1CCl. The topological polar surface area (TPSA) is 21.6 Å². The van der Waals surface area contributed by atoms with Gasteiger partial charge in [-0.15, -0.1) is 11.6 Å². The quantitative estimate of drug-likeness (QED) is 0.730. The highest BCUT2D eigenvalue weighted by Crippen LogP contribution is 2.28. The number of ether oxygens (including phenoxy) is 1. The number of nitrogens with zero attached hydrogens (tertiary/aromatic N) is 1. The van der Waals surface area contributed by atoms with Gasteiger partial charge in [0.25, 0.3) is 0 Å². The number of halogens is 2. The third kappa shape index (κ3) is 2.33. The molecule has 0 aliphatic carbocycles. The van der Waals surface area contributed by atoms with Crippen LogP contribution >= 0.6 is 23.2 Å². The predicted molar refractivity (Wildman–Crippen MR) is 62.9 cm³/mol. The van der Waals surface area contributed by atoms with Gasteiger partial charge in [-0.2, -0.15) is 0 Å². The van der Waals surface area contributed by atoms with Crippen LogP contribution < -0.4 is 0 Å². The molecule has 2 rings (SSSR count). The highest BCUT2D eigenvalue weighted by molar-refractivity contribution is 6.30. The van der Waals surface area contributed by atoms with Crippen LogP contribution in [0.15, 0.2) is 29.3 Å². The monoisotopic (exact) mass is 243 g/mol. The summed E-state index contributed by atoms with van der Waals surface area (Å²) >= 11 is 11.6. The van der Waals surface area contributed by atoms with Crippen molar-refractivity contribution < 1.29 is 4.74 Å². The van der Waals surface area contributed by atoms with E-state index in [9.17, 15) is 0 Å². The molecule has 0 saturated carbocycles. The maximum Gasteiger partial charge on any atom is 0.175 e. The van der Waals surface area contributed by atoms with Crippen LogP contribution in [-0.4, -0.2) is 17.7 Å². The first-order valence-electron chi connectivity index (χ1n) is 4.74. The lowest BCUT2D eigenvalue weighted by molar-refractivity contribution is 0.0595. The molecule has 1 aromatic carbocycles. The number of rotatable bonds is 2. The zero-order valence-corrected chi connectivity index (χ0v) is 9.79. The molecule has 1 aliphatic rings. The van der Waals surface area contributed by atoms with Gasteiger partial charge in [0.15, 0.2) is 6.23 Å². The van der Waals surface area contributed by atoms with Crippen LogP contribution in [0.2, 0.25) is 5.02 Å². The van der Waals surface area contributed by atoms with Crippen molar-refractivity contribution in [1.29, 1.82) is 0 Å². The molecule has 80 valence electrons. The largest absolute Gasteiger partial charge is 0.343 e. The molecule has 0 aromatic heterocycles. The fraction of sp³-hybridized carbons (Fsp3) is 0.364. The van der Waals surface area contributed by atoms with E-state index in [-0.39, 0.29) is 12.3 Å². The molecule has 1 aromatic rings. The number of alkyl halides is 1. The lowest BCUT2D eigenvalue weighted by Crippen LogP contribution is -2.15. The van der Waals surface area contributed by atoms with Crippen molar-refractivity contribution in [2.75, 3.05) is 5.88 Å². The van der Waals surface area contributed by atoms with E-state index in [1.807, 2.05) is 31.2 Å². The van der Waals surface area contributed by atoms with Crippen LogP contribution in [-0.2, 0) is 4.74 Å². The summed E-state index contributed by atoms with van der Waals surface area (Å²) in [7, 11) is 0. The fourth-order valence-electron chi connectivity index (χ4n) is 1.48. The molecule has 2 unspecified atom stereocenters. The zero-order valence-electron chi connectivity index (χ0n) is 8.28. The number of hydrogen-bond acceptors (Lipinski definition) is 2. The molecule has 0 radical (unpaired) electrons. The molecule has 0 fully saturated rings. The van der Waals surface area contributed by atoms with E-state index in [0.717, 1.165) is 11.3 Å². The maximum absolute atomic E-state index is 5.81. The van der Waals surface area contributed by atoms with Gasteiger partial charge in [0.1, 0.15) is 0 Å². The number of hydrogen-bond donors (Lipinski definition) is 0. The van der Waals surface area contributed by atoms with Gasteiger partial charge in [-0.05, 0) is 19.1 Å². The zero-order chi connectivity index (χ0) is 10.8. The molecule has 0 N–H and O–H groups in total. The predicted octanol–water partition coefficient (Wildman–Crippen LogP) is 3.44. The van der Waals surface area contributed by atoms with Crippen LogP contribution in [0.5, 0.6) is 0 Å². The summed E-state index contributed by atoms with van der Waals surface area (Å²) in [5.74, 6) is 0.422. The second-order valence-electron chi connectivity index (χ2n) is 3.44. The first-order chi connectivity index (χ1) is 7.20. The van der Waals surface area contributed by atoms with E-state index < -0.39 is 0 Å². The molecule has 2 atom stereocenters. The molecule has 1 aliphatic heterocycles. The van der Waals surface area contributed by atoms with E-state index in [2.05, 4.69) is 4.99 Å². The Balaban J connectivity index is 2.20. The number of benzene rings is 1. The van der Waals surface area contributed by atoms with Gasteiger partial charge in [0, 0.05) is 10.6 Å². The van der Waals surface area contributed by atoms with Gasteiger partial charge in [-0.25, -0.2) is 0 Å². The van der Waals surface area contributed by atoms with Crippen LogP contribution in [0, 0.1) is 0 Å². The average Bonchev–Trinajstić information content (AvgIpc) is 2.61. The van der Waals surface area contributed by atoms with Crippen molar-refractivity contribution >= 4 is 28.9 Å². The van der Waals surface area contributed by atoms with E-state index in [1.54, 1.807) is 0 Å². The van der Waals surface area contributed by atoms with Gasteiger partial charge in [-0.1, -0.05) is 23.7 Å². The van der Waals surface area contributed by atoms with Crippen LogP contribution in [0.1, 0.15) is 18.7 Å². The van der Waals surface area contributed by atoms with E-state index in [4.69, 9.17) is 27.9 Å². The molecular weight excluding hydrogens is 233 g/mol. The van der Waals surface area contributed by atoms with Crippen molar-refractivity contribution in [2.24, 2.45) is 4.99 Å². The second-order valence-corrected chi connectivity index (χ2v) is 4.14. The van der Waals surface area contributed by atoms with Crippen molar-refractivity contribution in [3.8, 4) is 0 Å². The van der Waals surface area contributed by atoms with Gasteiger partial charge in [0.05, 0.1) is 17.7 Å². The molecule has 0 saturated heterocycles. The van der Waals surface area contributed by atoms with Crippen LogP contribution in [0.25, 0.3) is 0 Å². The summed E-state index contributed by atoms with van der Waals surface area (Å²) in [5, 5.41) is 0.714. The molecule has 0 bridgehead atoms. The van der Waals surface area contributed by atoms with Crippen molar-refractivity contribution in [2.45, 2.75) is 19.3 Å². The second kappa shape index (κ2) is 4.52. The third-order valence-corrected chi connectivity index (χ3v) is 2.90. The lowest BCUT2D eigenvalue weighted by Gasteiger charge is -2.09. The Hall–Kier alpha value is -0.570.